The molecule has 0 saturated heterocycles. The van der Waals surface area contributed by atoms with Crippen molar-refractivity contribution >= 4 is 28.6 Å². The minimum atomic E-state index is -0.497. The van der Waals surface area contributed by atoms with Crippen LogP contribution < -0.4 is 11.1 Å². The molecule has 0 aliphatic carbocycles. The molecule has 5 nitrogen and oxygen atoms in total. The highest BCUT2D eigenvalue weighted by molar-refractivity contribution is 7.07. The number of hydrogen-bond acceptors (Lipinski definition) is 5. The largest absolute Gasteiger partial charge is 0.396 e. The SMILES string of the molecule is CN(CC(=O)Nc1ccc(F)c(N)c1)Cc1cscn1. The second-order valence-corrected chi connectivity index (χ2v) is 5.16. The number of carbonyl (C=O) groups is 1. The van der Waals surface area contributed by atoms with Crippen molar-refractivity contribution in [2.45, 2.75) is 6.54 Å². The van der Waals surface area contributed by atoms with E-state index in [9.17, 15) is 9.18 Å². The number of hydrogen-bond donors (Lipinski definition) is 2. The van der Waals surface area contributed by atoms with Gasteiger partial charge in [-0.3, -0.25) is 9.69 Å². The number of aromatic nitrogens is 1. The number of likely N-dealkylation sites (N-methyl/N-ethyl adjacent to an activating group) is 1. The van der Waals surface area contributed by atoms with Crippen LogP contribution in [0.3, 0.4) is 0 Å². The van der Waals surface area contributed by atoms with E-state index < -0.39 is 5.82 Å². The van der Waals surface area contributed by atoms with Crippen molar-refractivity contribution in [2.75, 3.05) is 24.6 Å². The second-order valence-electron chi connectivity index (χ2n) is 4.44. The van der Waals surface area contributed by atoms with Crippen LogP contribution in [-0.4, -0.2) is 29.4 Å². The maximum atomic E-state index is 13.0. The fraction of sp³-hybridized carbons (Fsp3) is 0.231. The molecule has 20 heavy (non-hydrogen) atoms. The van der Waals surface area contributed by atoms with E-state index in [0.29, 0.717) is 12.2 Å². The molecule has 0 radical (unpaired) electrons. The molecule has 0 aliphatic rings. The molecule has 2 rings (SSSR count). The molecular weight excluding hydrogens is 279 g/mol. The monoisotopic (exact) mass is 294 g/mol. The van der Waals surface area contributed by atoms with E-state index in [1.807, 2.05) is 17.3 Å². The van der Waals surface area contributed by atoms with Crippen molar-refractivity contribution < 1.29 is 9.18 Å². The number of benzene rings is 1. The Labute approximate surface area is 120 Å². The Morgan fingerprint density at radius 3 is 3.00 bits per heavy atom. The van der Waals surface area contributed by atoms with Gasteiger partial charge in [0, 0.05) is 17.6 Å². The maximum Gasteiger partial charge on any atom is 0.238 e. The summed E-state index contributed by atoms with van der Waals surface area (Å²) in [5.74, 6) is -0.683. The Morgan fingerprint density at radius 1 is 1.55 bits per heavy atom. The minimum Gasteiger partial charge on any atom is -0.396 e. The van der Waals surface area contributed by atoms with Gasteiger partial charge in [-0.25, -0.2) is 9.37 Å². The topological polar surface area (TPSA) is 71.2 Å². The number of anilines is 2. The molecule has 0 bridgehead atoms. The van der Waals surface area contributed by atoms with Crippen molar-refractivity contribution in [3.8, 4) is 0 Å². The van der Waals surface area contributed by atoms with E-state index in [0.717, 1.165) is 5.69 Å². The number of rotatable bonds is 5. The average Bonchev–Trinajstić information content (AvgIpc) is 2.86. The first kappa shape index (κ1) is 14.4. The van der Waals surface area contributed by atoms with Gasteiger partial charge in [-0.2, -0.15) is 0 Å². The molecule has 1 heterocycles. The molecule has 1 amide bonds. The first-order valence-electron chi connectivity index (χ1n) is 5.95. The molecule has 0 spiro atoms. The van der Waals surface area contributed by atoms with Gasteiger partial charge in [0.2, 0.25) is 5.91 Å². The third-order valence-electron chi connectivity index (χ3n) is 2.61. The van der Waals surface area contributed by atoms with Crippen LogP contribution in [0.4, 0.5) is 15.8 Å². The first-order valence-corrected chi connectivity index (χ1v) is 6.89. The van der Waals surface area contributed by atoms with Gasteiger partial charge in [0.25, 0.3) is 0 Å². The Balaban J connectivity index is 1.87. The van der Waals surface area contributed by atoms with E-state index in [1.54, 1.807) is 5.51 Å². The van der Waals surface area contributed by atoms with Crippen molar-refractivity contribution in [1.29, 1.82) is 0 Å². The van der Waals surface area contributed by atoms with Crippen LogP contribution in [0.25, 0.3) is 0 Å². The van der Waals surface area contributed by atoms with Gasteiger partial charge in [0.05, 0.1) is 23.4 Å². The summed E-state index contributed by atoms with van der Waals surface area (Å²) in [6.07, 6.45) is 0. The third kappa shape index (κ3) is 4.01. The zero-order valence-corrected chi connectivity index (χ0v) is 11.8. The molecule has 0 fully saturated rings. The van der Waals surface area contributed by atoms with Crippen LogP contribution in [-0.2, 0) is 11.3 Å². The van der Waals surface area contributed by atoms with Gasteiger partial charge in [-0.1, -0.05) is 0 Å². The normalized spacial score (nSPS) is 10.8. The molecule has 3 N–H and O–H groups in total. The van der Waals surface area contributed by atoms with Gasteiger partial charge in [0.15, 0.2) is 0 Å². The van der Waals surface area contributed by atoms with Crippen LogP contribution >= 0.6 is 11.3 Å². The van der Waals surface area contributed by atoms with Crippen molar-refractivity contribution in [2.24, 2.45) is 0 Å². The summed E-state index contributed by atoms with van der Waals surface area (Å²) in [7, 11) is 1.83. The fourth-order valence-electron chi connectivity index (χ4n) is 1.72. The van der Waals surface area contributed by atoms with Crippen LogP contribution in [0, 0.1) is 5.82 Å². The van der Waals surface area contributed by atoms with Gasteiger partial charge in [-0.15, -0.1) is 11.3 Å². The molecule has 0 unspecified atom stereocenters. The van der Waals surface area contributed by atoms with E-state index in [-0.39, 0.29) is 18.1 Å². The molecule has 0 aliphatic heterocycles. The summed E-state index contributed by atoms with van der Waals surface area (Å²) in [4.78, 5) is 17.8. The number of amides is 1. The van der Waals surface area contributed by atoms with Gasteiger partial charge in [-0.05, 0) is 25.2 Å². The molecule has 1 aromatic carbocycles. The summed E-state index contributed by atoms with van der Waals surface area (Å²) in [5, 5.41) is 4.61. The molecular formula is C13H15FN4OS. The summed E-state index contributed by atoms with van der Waals surface area (Å²) < 4.78 is 13.0. The van der Waals surface area contributed by atoms with E-state index >= 15 is 0 Å². The second kappa shape index (κ2) is 6.44. The lowest BCUT2D eigenvalue weighted by atomic mass is 10.2. The molecule has 7 heteroatoms. The number of nitrogen functional groups attached to an aromatic ring is 1. The Kier molecular flexibility index (Phi) is 4.65. The highest BCUT2D eigenvalue weighted by atomic mass is 32.1. The van der Waals surface area contributed by atoms with Crippen molar-refractivity contribution in [3.63, 3.8) is 0 Å². The predicted molar refractivity (Wildman–Crippen MR) is 77.9 cm³/mol. The zero-order chi connectivity index (χ0) is 14.5. The summed E-state index contributed by atoms with van der Waals surface area (Å²) in [6, 6.07) is 4.10. The standard InChI is InChI=1S/C13H15FN4OS/c1-18(5-10-7-20-8-16-10)6-13(19)17-9-2-3-11(14)12(15)4-9/h2-4,7-8H,5-6,15H2,1H3,(H,17,19). The number of nitrogens with zero attached hydrogens (tertiary/aromatic N) is 2. The molecule has 2 aromatic rings. The lowest BCUT2D eigenvalue weighted by Gasteiger charge is -2.15. The average molecular weight is 294 g/mol. The van der Waals surface area contributed by atoms with Crippen LogP contribution in [0.1, 0.15) is 5.69 Å². The number of halogens is 1. The van der Waals surface area contributed by atoms with Crippen molar-refractivity contribution in [3.05, 3.63) is 40.6 Å². The smallest absolute Gasteiger partial charge is 0.238 e. The maximum absolute atomic E-state index is 13.0. The summed E-state index contributed by atoms with van der Waals surface area (Å²) >= 11 is 1.52. The Hall–Kier alpha value is -1.99. The van der Waals surface area contributed by atoms with Gasteiger partial charge < -0.3 is 11.1 Å². The first-order chi connectivity index (χ1) is 9.54. The molecule has 1 aromatic heterocycles. The molecule has 106 valence electrons. The predicted octanol–water partition coefficient (Wildman–Crippen LogP) is 1.93. The van der Waals surface area contributed by atoms with Crippen LogP contribution in [0.15, 0.2) is 29.1 Å². The van der Waals surface area contributed by atoms with Gasteiger partial charge in [0.1, 0.15) is 5.82 Å². The van der Waals surface area contributed by atoms with E-state index in [4.69, 9.17) is 5.73 Å². The van der Waals surface area contributed by atoms with Gasteiger partial charge >= 0.3 is 0 Å². The highest BCUT2D eigenvalue weighted by Crippen LogP contribution is 2.16. The minimum absolute atomic E-state index is 0.0126. The lowest BCUT2D eigenvalue weighted by molar-refractivity contribution is -0.117. The number of thiazole rings is 1. The fourth-order valence-corrected chi connectivity index (χ4v) is 2.26. The number of nitrogens with one attached hydrogen (secondary N) is 1. The molecule has 0 atom stereocenters. The molecule has 0 saturated carbocycles. The van der Waals surface area contributed by atoms with Crippen LogP contribution in [0.2, 0.25) is 0 Å². The van der Waals surface area contributed by atoms with Crippen molar-refractivity contribution in [1.82, 2.24) is 9.88 Å². The Morgan fingerprint density at radius 2 is 2.35 bits per heavy atom. The van der Waals surface area contributed by atoms with E-state index in [1.165, 1.54) is 29.5 Å². The zero-order valence-electron chi connectivity index (χ0n) is 11.0. The quantitative estimate of drug-likeness (QED) is 0.827. The lowest BCUT2D eigenvalue weighted by Crippen LogP contribution is -2.29. The Bertz CT molecular complexity index is 588. The number of nitrogens with two attached hydrogens (primary N) is 1. The number of carbonyl (C=O) groups excluding carboxylic acids is 1. The third-order valence-corrected chi connectivity index (χ3v) is 3.24. The van der Waals surface area contributed by atoms with Crippen LogP contribution in [0.5, 0.6) is 0 Å². The summed E-state index contributed by atoms with van der Waals surface area (Å²) in [5.41, 5.74) is 8.62. The highest BCUT2D eigenvalue weighted by Gasteiger charge is 2.09. The van der Waals surface area contributed by atoms with E-state index in [2.05, 4.69) is 10.3 Å². The summed E-state index contributed by atoms with van der Waals surface area (Å²) in [6.45, 7) is 0.817.